The molecular formula is C14H15N3S2. The van der Waals surface area contributed by atoms with Gasteiger partial charge in [0.2, 0.25) is 0 Å². The van der Waals surface area contributed by atoms with Crippen LogP contribution in [0.25, 0.3) is 10.2 Å². The summed E-state index contributed by atoms with van der Waals surface area (Å²) in [6.07, 6.45) is 0. The topological polar surface area (TPSA) is 37.8 Å². The summed E-state index contributed by atoms with van der Waals surface area (Å²) in [6, 6.07) is 6.48. The maximum atomic E-state index is 4.67. The number of anilines is 1. The lowest BCUT2D eigenvalue weighted by molar-refractivity contribution is 0.862. The van der Waals surface area contributed by atoms with E-state index < -0.39 is 0 Å². The van der Waals surface area contributed by atoms with E-state index in [1.54, 1.807) is 22.7 Å². The van der Waals surface area contributed by atoms with Crippen molar-refractivity contribution in [2.24, 2.45) is 0 Å². The van der Waals surface area contributed by atoms with Gasteiger partial charge in [-0.1, -0.05) is 23.5 Å². The predicted octanol–water partition coefficient (Wildman–Crippen LogP) is 4.54. The van der Waals surface area contributed by atoms with Gasteiger partial charge in [-0.25, -0.2) is 9.97 Å². The fourth-order valence-corrected chi connectivity index (χ4v) is 3.80. The second kappa shape index (κ2) is 4.90. The number of hydrogen-bond donors (Lipinski definition) is 1. The number of fused-ring (bicyclic) bond motifs is 1. The monoisotopic (exact) mass is 289 g/mol. The predicted molar refractivity (Wildman–Crippen MR) is 83.2 cm³/mol. The van der Waals surface area contributed by atoms with Crippen molar-refractivity contribution in [1.82, 2.24) is 9.97 Å². The van der Waals surface area contributed by atoms with Crippen molar-refractivity contribution in [3.8, 4) is 0 Å². The number of nitrogens with one attached hydrogen (secondary N) is 1. The van der Waals surface area contributed by atoms with Crippen LogP contribution in [0.15, 0.2) is 23.6 Å². The molecule has 0 aliphatic heterocycles. The third-order valence-corrected chi connectivity index (χ3v) is 5.07. The SMILES string of the molecule is Cc1csc(C(C)Nc2nc3c(C)cccc3s2)n1. The molecule has 3 rings (SSSR count). The Morgan fingerprint density at radius 3 is 2.74 bits per heavy atom. The molecule has 2 aromatic heterocycles. The molecule has 2 heterocycles. The van der Waals surface area contributed by atoms with Gasteiger partial charge in [-0.2, -0.15) is 0 Å². The van der Waals surface area contributed by atoms with Crippen LogP contribution in [0.3, 0.4) is 0 Å². The van der Waals surface area contributed by atoms with Crippen molar-refractivity contribution in [1.29, 1.82) is 0 Å². The zero-order valence-corrected chi connectivity index (χ0v) is 12.7. The number of thiazole rings is 2. The minimum Gasteiger partial charge on any atom is -0.353 e. The normalized spacial score (nSPS) is 12.8. The van der Waals surface area contributed by atoms with Crippen molar-refractivity contribution >= 4 is 38.0 Å². The Balaban J connectivity index is 1.87. The lowest BCUT2D eigenvalue weighted by Gasteiger charge is -2.08. The van der Waals surface area contributed by atoms with E-state index in [9.17, 15) is 0 Å². The fourth-order valence-electron chi connectivity index (χ4n) is 1.97. The van der Waals surface area contributed by atoms with Crippen LogP contribution in [-0.2, 0) is 0 Å². The highest BCUT2D eigenvalue weighted by atomic mass is 32.1. The minimum atomic E-state index is 0.194. The second-order valence-corrected chi connectivity index (χ2v) is 6.55. The third kappa shape index (κ3) is 2.48. The Morgan fingerprint density at radius 2 is 2.05 bits per heavy atom. The highest BCUT2D eigenvalue weighted by molar-refractivity contribution is 7.22. The van der Waals surface area contributed by atoms with Crippen LogP contribution in [0.1, 0.15) is 29.2 Å². The quantitative estimate of drug-likeness (QED) is 0.769. The first-order valence-electron chi connectivity index (χ1n) is 6.18. The highest BCUT2D eigenvalue weighted by Gasteiger charge is 2.12. The molecule has 0 fully saturated rings. The Bertz CT molecular complexity index is 714. The van der Waals surface area contributed by atoms with Crippen LogP contribution in [0, 0.1) is 13.8 Å². The molecule has 5 heteroatoms. The van der Waals surface area contributed by atoms with E-state index in [0.29, 0.717) is 0 Å². The zero-order chi connectivity index (χ0) is 13.4. The molecule has 0 spiro atoms. The summed E-state index contributed by atoms with van der Waals surface area (Å²) in [5.41, 5.74) is 3.39. The van der Waals surface area contributed by atoms with Crippen molar-refractivity contribution in [2.45, 2.75) is 26.8 Å². The molecule has 1 atom stereocenters. The first kappa shape index (κ1) is 12.6. The summed E-state index contributed by atoms with van der Waals surface area (Å²) in [5, 5.41) is 7.59. The van der Waals surface area contributed by atoms with E-state index in [-0.39, 0.29) is 6.04 Å². The molecule has 0 saturated carbocycles. The van der Waals surface area contributed by atoms with E-state index in [4.69, 9.17) is 0 Å². The number of benzene rings is 1. The number of para-hydroxylation sites is 1. The van der Waals surface area contributed by atoms with Gasteiger partial charge in [-0.05, 0) is 32.4 Å². The summed E-state index contributed by atoms with van der Waals surface area (Å²) in [4.78, 5) is 9.18. The molecule has 0 radical (unpaired) electrons. The average molecular weight is 289 g/mol. The molecule has 1 N–H and O–H groups in total. The summed E-state index contributed by atoms with van der Waals surface area (Å²) in [7, 11) is 0. The van der Waals surface area contributed by atoms with Gasteiger partial charge < -0.3 is 5.32 Å². The van der Waals surface area contributed by atoms with Crippen LogP contribution < -0.4 is 5.32 Å². The lowest BCUT2D eigenvalue weighted by atomic mass is 10.2. The Morgan fingerprint density at radius 1 is 1.21 bits per heavy atom. The summed E-state index contributed by atoms with van der Waals surface area (Å²) in [6.45, 7) is 6.24. The van der Waals surface area contributed by atoms with E-state index >= 15 is 0 Å². The van der Waals surface area contributed by atoms with Gasteiger partial charge in [0, 0.05) is 11.1 Å². The van der Waals surface area contributed by atoms with Crippen LogP contribution >= 0.6 is 22.7 Å². The van der Waals surface area contributed by atoms with Gasteiger partial charge in [0.25, 0.3) is 0 Å². The molecule has 0 aliphatic carbocycles. The van der Waals surface area contributed by atoms with E-state index in [1.165, 1.54) is 10.3 Å². The third-order valence-electron chi connectivity index (χ3n) is 2.97. The average Bonchev–Trinajstić information content (AvgIpc) is 2.96. The molecule has 0 amide bonds. The highest BCUT2D eigenvalue weighted by Crippen LogP contribution is 2.30. The molecule has 3 nitrogen and oxygen atoms in total. The minimum absolute atomic E-state index is 0.194. The van der Waals surface area contributed by atoms with Gasteiger partial charge in [-0.15, -0.1) is 11.3 Å². The fraction of sp³-hybridized carbons (Fsp3) is 0.286. The van der Waals surface area contributed by atoms with E-state index in [0.717, 1.165) is 21.3 Å². The first-order valence-corrected chi connectivity index (χ1v) is 7.88. The summed E-state index contributed by atoms with van der Waals surface area (Å²) >= 11 is 3.39. The Labute approximate surface area is 120 Å². The molecule has 1 aromatic carbocycles. The standard InChI is InChI=1S/C14H15N3S2/c1-8-5-4-6-11-12(8)17-14(19-11)16-10(3)13-15-9(2)7-18-13/h4-7,10H,1-3H3,(H,16,17). The largest absolute Gasteiger partial charge is 0.353 e. The van der Waals surface area contributed by atoms with Crippen molar-refractivity contribution < 1.29 is 0 Å². The van der Waals surface area contributed by atoms with Gasteiger partial charge in [0.15, 0.2) is 5.13 Å². The maximum absolute atomic E-state index is 4.67. The molecule has 0 bridgehead atoms. The van der Waals surface area contributed by atoms with Crippen molar-refractivity contribution in [3.05, 3.63) is 39.8 Å². The first-order chi connectivity index (χ1) is 9.13. The lowest BCUT2D eigenvalue weighted by Crippen LogP contribution is -2.05. The molecule has 0 aliphatic rings. The molecule has 0 saturated heterocycles. The maximum Gasteiger partial charge on any atom is 0.184 e. The molecular weight excluding hydrogens is 274 g/mol. The van der Waals surface area contributed by atoms with Gasteiger partial charge in [0.1, 0.15) is 5.01 Å². The number of rotatable bonds is 3. The van der Waals surface area contributed by atoms with Gasteiger partial charge in [0.05, 0.1) is 16.3 Å². The van der Waals surface area contributed by atoms with Gasteiger partial charge in [-0.3, -0.25) is 0 Å². The number of aryl methyl sites for hydroxylation is 2. The van der Waals surface area contributed by atoms with E-state index in [1.807, 2.05) is 6.92 Å². The number of nitrogens with zero attached hydrogens (tertiary/aromatic N) is 2. The Kier molecular flexibility index (Phi) is 3.24. The smallest absolute Gasteiger partial charge is 0.184 e. The molecule has 19 heavy (non-hydrogen) atoms. The van der Waals surface area contributed by atoms with Crippen LogP contribution in [0.2, 0.25) is 0 Å². The number of aromatic nitrogens is 2. The Hall–Kier alpha value is -1.46. The molecule has 1 unspecified atom stereocenters. The van der Waals surface area contributed by atoms with Crippen molar-refractivity contribution in [3.63, 3.8) is 0 Å². The summed E-state index contributed by atoms with van der Waals surface area (Å²) < 4.78 is 1.23. The zero-order valence-electron chi connectivity index (χ0n) is 11.1. The molecule has 98 valence electrons. The van der Waals surface area contributed by atoms with Gasteiger partial charge >= 0.3 is 0 Å². The number of hydrogen-bond acceptors (Lipinski definition) is 5. The van der Waals surface area contributed by atoms with E-state index in [2.05, 4.69) is 52.7 Å². The molecule has 3 aromatic rings. The van der Waals surface area contributed by atoms with Crippen LogP contribution in [0.4, 0.5) is 5.13 Å². The summed E-state index contributed by atoms with van der Waals surface area (Å²) in [5.74, 6) is 0. The van der Waals surface area contributed by atoms with Crippen LogP contribution in [-0.4, -0.2) is 9.97 Å². The van der Waals surface area contributed by atoms with Crippen LogP contribution in [0.5, 0.6) is 0 Å². The van der Waals surface area contributed by atoms with Crippen molar-refractivity contribution in [2.75, 3.05) is 5.32 Å². The second-order valence-electron chi connectivity index (χ2n) is 4.63.